The molecule has 0 bridgehead atoms. The van der Waals surface area contributed by atoms with Crippen molar-refractivity contribution >= 4 is 46.1 Å². The molecule has 1 rings (SSSR count). The zero-order chi connectivity index (χ0) is 12.8. The molecular formula is C11H11ClINO3. The van der Waals surface area contributed by atoms with Crippen LogP contribution < -0.4 is 5.32 Å². The zero-order valence-corrected chi connectivity index (χ0v) is 11.8. The number of rotatable bonds is 5. The van der Waals surface area contributed by atoms with Gasteiger partial charge in [0.1, 0.15) is 0 Å². The molecule has 0 saturated carbocycles. The molecule has 6 heteroatoms. The summed E-state index contributed by atoms with van der Waals surface area (Å²) >= 11 is 7.85. The number of carbonyl (C=O) groups excluding carboxylic acids is 1. The van der Waals surface area contributed by atoms with Gasteiger partial charge in [-0.3, -0.25) is 9.59 Å². The van der Waals surface area contributed by atoms with Crippen molar-refractivity contribution in [1.82, 2.24) is 5.32 Å². The smallest absolute Gasteiger partial charge is 0.303 e. The molecule has 0 radical (unpaired) electrons. The van der Waals surface area contributed by atoms with Crippen LogP contribution in [0.4, 0.5) is 0 Å². The second-order valence-electron chi connectivity index (χ2n) is 3.38. The first-order valence-corrected chi connectivity index (χ1v) is 6.41. The largest absolute Gasteiger partial charge is 0.481 e. The number of carboxylic acids is 1. The molecule has 0 unspecified atom stereocenters. The van der Waals surface area contributed by atoms with Gasteiger partial charge in [-0.05, 0) is 47.2 Å². The highest BCUT2D eigenvalue weighted by Crippen LogP contribution is 2.17. The van der Waals surface area contributed by atoms with E-state index in [1.54, 1.807) is 18.2 Å². The average molecular weight is 368 g/mol. The molecule has 0 fully saturated rings. The van der Waals surface area contributed by atoms with Crippen molar-refractivity contribution in [1.29, 1.82) is 0 Å². The van der Waals surface area contributed by atoms with E-state index < -0.39 is 5.97 Å². The molecule has 0 saturated heterocycles. The van der Waals surface area contributed by atoms with Crippen molar-refractivity contribution < 1.29 is 14.7 Å². The lowest BCUT2D eigenvalue weighted by atomic mass is 10.2. The van der Waals surface area contributed by atoms with E-state index >= 15 is 0 Å². The minimum Gasteiger partial charge on any atom is -0.481 e. The second kappa shape index (κ2) is 6.80. The molecule has 92 valence electrons. The summed E-state index contributed by atoms with van der Waals surface area (Å²) in [7, 11) is 0. The molecule has 2 N–H and O–H groups in total. The van der Waals surface area contributed by atoms with Gasteiger partial charge in [-0.25, -0.2) is 0 Å². The molecule has 4 nitrogen and oxygen atoms in total. The third-order valence-electron chi connectivity index (χ3n) is 2.03. The fourth-order valence-electron chi connectivity index (χ4n) is 1.21. The zero-order valence-electron chi connectivity index (χ0n) is 8.87. The first-order valence-electron chi connectivity index (χ1n) is 4.95. The topological polar surface area (TPSA) is 66.4 Å². The fourth-order valence-corrected chi connectivity index (χ4v) is 1.96. The number of aliphatic carboxylic acids is 1. The minimum atomic E-state index is -0.864. The van der Waals surface area contributed by atoms with E-state index in [0.717, 1.165) is 3.57 Å². The second-order valence-corrected chi connectivity index (χ2v) is 4.98. The number of carbonyl (C=O) groups is 2. The lowest BCUT2D eigenvalue weighted by Gasteiger charge is -2.06. The molecule has 0 heterocycles. The number of hydrogen-bond acceptors (Lipinski definition) is 2. The number of carboxylic acid groups (broad SMARTS) is 1. The molecule has 0 aromatic heterocycles. The quantitative estimate of drug-likeness (QED) is 0.621. The molecule has 0 aliphatic carbocycles. The molecule has 0 aliphatic rings. The van der Waals surface area contributed by atoms with Gasteiger partial charge in [0.15, 0.2) is 0 Å². The third kappa shape index (κ3) is 4.91. The Bertz CT molecular complexity index is 437. The van der Waals surface area contributed by atoms with Crippen molar-refractivity contribution in [3.8, 4) is 0 Å². The van der Waals surface area contributed by atoms with Gasteiger partial charge in [-0.15, -0.1) is 0 Å². The van der Waals surface area contributed by atoms with Crippen LogP contribution in [-0.4, -0.2) is 23.5 Å². The number of halogens is 2. The summed E-state index contributed by atoms with van der Waals surface area (Å²) in [6.45, 7) is 0.341. The Hall–Kier alpha value is -0.820. The maximum absolute atomic E-state index is 11.7. The number of amides is 1. The molecule has 0 atom stereocenters. The van der Waals surface area contributed by atoms with Gasteiger partial charge < -0.3 is 10.4 Å². The Morgan fingerprint density at radius 2 is 2.12 bits per heavy atom. The highest BCUT2D eigenvalue weighted by molar-refractivity contribution is 14.1. The fraction of sp³-hybridized carbons (Fsp3) is 0.273. The first-order chi connectivity index (χ1) is 8.00. The molecule has 0 spiro atoms. The van der Waals surface area contributed by atoms with Crippen molar-refractivity contribution in [3.63, 3.8) is 0 Å². The molecule has 1 aromatic rings. The minimum absolute atomic E-state index is 0.0485. The summed E-state index contributed by atoms with van der Waals surface area (Å²) in [6.07, 6.45) is 0.463. The van der Waals surface area contributed by atoms with Crippen molar-refractivity contribution in [2.45, 2.75) is 12.8 Å². The molecule has 1 amide bonds. The standard InChI is InChI=1S/C11H11ClINO3/c12-7-3-4-9(13)8(6-7)11(17)14-5-1-2-10(15)16/h3-4,6H,1-2,5H2,(H,14,17)(H,15,16). The van der Waals surface area contributed by atoms with E-state index in [1.807, 2.05) is 0 Å². The highest BCUT2D eigenvalue weighted by Gasteiger charge is 2.10. The van der Waals surface area contributed by atoms with Crippen LogP contribution in [0.2, 0.25) is 5.02 Å². The van der Waals surface area contributed by atoms with Crippen LogP contribution in [0.15, 0.2) is 18.2 Å². The van der Waals surface area contributed by atoms with Gasteiger partial charge in [0, 0.05) is 21.6 Å². The monoisotopic (exact) mass is 367 g/mol. The van der Waals surface area contributed by atoms with E-state index in [-0.39, 0.29) is 12.3 Å². The van der Waals surface area contributed by atoms with Gasteiger partial charge in [0.05, 0.1) is 5.56 Å². The summed E-state index contributed by atoms with van der Waals surface area (Å²) in [5.74, 6) is -1.10. The van der Waals surface area contributed by atoms with Gasteiger partial charge in [0.2, 0.25) is 0 Å². The van der Waals surface area contributed by atoms with Crippen LogP contribution in [0.5, 0.6) is 0 Å². The Morgan fingerprint density at radius 1 is 1.41 bits per heavy atom. The molecule has 17 heavy (non-hydrogen) atoms. The summed E-state index contributed by atoms with van der Waals surface area (Å²) < 4.78 is 0.808. The number of hydrogen-bond donors (Lipinski definition) is 2. The average Bonchev–Trinajstić information content (AvgIpc) is 2.27. The van der Waals surface area contributed by atoms with E-state index in [0.29, 0.717) is 23.6 Å². The van der Waals surface area contributed by atoms with Crippen LogP contribution >= 0.6 is 34.2 Å². The van der Waals surface area contributed by atoms with Crippen LogP contribution in [0.25, 0.3) is 0 Å². The van der Waals surface area contributed by atoms with E-state index in [1.165, 1.54) is 0 Å². The maximum atomic E-state index is 11.7. The SMILES string of the molecule is O=C(O)CCCNC(=O)c1cc(Cl)ccc1I. The Morgan fingerprint density at radius 3 is 2.76 bits per heavy atom. The number of nitrogens with one attached hydrogen (secondary N) is 1. The summed E-state index contributed by atoms with van der Waals surface area (Å²) in [5, 5.41) is 11.6. The Labute approximate surface area is 117 Å². The van der Waals surface area contributed by atoms with Gasteiger partial charge in [-0.1, -0.05) is 11.6 Å². The lowest BCUT2D eigenvalue weighted by Crippen LogP contribution is -2.25. The summed E-state index contributed by atoms with van der Waals surface area (Å²) in [5.41, 5.74) is 0.508. The maximum Gasteiger partial charge on any atom is 0.303 e. The van der Waals surface area contributed by atoms with Crippen LogP contribution in [0.1, 0.15) is 23.2 Å². The van der Waals surface area contributed by atoms with E-state index in [4.69, 9.17) is 16.7 Å². The Kier molecular flexibility index (Phi) is 5.70. The molecule has 1 aromatic carbocycles. The highest BCUT2D eigenvalue weighted by atomic mass is 127. The van der Waals surface area contributed by atoms with Crippen LogP contribution in [-0.2, 0) is 4.79 Å². The first kappa shape index (κ1) is 14.2. The predicted molar refractivity (Wildman–Crippen MR) is 73.4 cm³/mol. The Balaban J connectivity index is 2.52. The predicted octanol–water partition coefficient (Wildman–Crippen LogP) is 2.54. The molecular weight excluding hydrogens is 356 g/mol. The van der Waals surface area contributed by atoms with E-state index in [9.17, 15) is 9.59 Å². The normalized spacial score (nSPS) is 10.0. The molecule has 0 aliphatic heterocycles. The van der Waals surface area contributed by atoms with Crippen molar-refractivity contribution in [3.05, 3.63) is 32.4 Å². The van der Waals surface area contributed by atoms with Crippen molar-refractivity contribution in [2.24, 2.45) is 0 Å². The van der Waals surface area contributed by atoms with Gasteiger partial charge in [0.25, 0.3) is 5.91 Å². The third-order valence-corrected chi connectivity index (χ3v) is 3.20. The van der Waals surface area contributed by atoms with E-state index in [2.05, 4.69) is 27.9 Å². The van der Waals surface area contributed by atoms with Crippen LogP contribution in [0.3, 0.4) is 0 Å². The van der Waals surface area contributed by atoms with Gasteiger partial charge >= 0.3 is 5.97 Å². The summed E-state index contributed by atoms with van der Waals surface area (Å²) in [6, 6.07) is 5.06. The number of benzene rings is 1. The summed E-state index contributed by atoms with van der Waals surface area (Å²) in [4.78, 5) is 22.0. The lowest BCUT2D eigenvalue weighted by molar-refractivity contribution is -0.137. The van der Waals surface area contributed by atoms with Crippen molar-refractivity contribution in [2.75, 3.05) is 6.54 Å². The van der Waals surface area contributed by atoms with Gasteiger partial charge in [-0.2, -0.15) is 0 Å². The van der Waals surface area contributed by atoms with Crippen LogP contribution in [0, 0.1) is 3.57 Å².